The topological polar surface area (TPSA) is 68.6 Å². The molecule has 0 atom stereocenters. The van der Waals surface area contributed by atoms with Crippen molar-refractivity contribution in [3.8, 4) is 67.7 Å². The van der Waals surface area contributed by atoms with Crippen molar-refractivity contribution in [1.29, 1.82) is 0 Å². The Morgan fingerprint density at radius 3 is 1.27 bits per heavy atom. The van der Waals surface area contributed by atoms with Crippen LogP contribution in [0.4, 0.5) is 0 Å². The van der Waals surface area contributed by atoms with Crippen LogP contribution in [0.5, 0.6) is 0 Å². The molecule has 9 aromatic carbocycles. The van der Waals surface area contributed by atoms with Gasteiger partial charge in [-0.25, -0.2) is 19.9 Å². The van der Waals surface area contributed by atoms with E-state index in [1.165, 1.54) is 16.5 Å². The van der Waals surface area contributed by atoms with Gasteiger partial charge in [-0.05, 0) is 28.3 Å². The van der Waals surface area contributed by atoms with Crippen LogP contribution >= 0.6 is 7.14 Å². The summed E-state index contributed by atoms with van der Waals surface area (Å²) in [6.45, 7) is 0. The van der Waals surface area contributed by atoms with Gasteiger partial charge in [-0.1, -0.05) is 231 Å². The molecule has 0 radical (unpaired) electrons. The van der Waals surface area contributed by atoms with Crippen molar-refractivity contribution in [2.24, 2.45) is 0 Å². The number of rotatable bonds is 9. The van der Waals surface area contributed by atoms with Crippen LogP contribution in [0.2, 0.25) is 0 Å². The fourth-order valence-electron chi connectivity index (χ4n) is 8.62. The molecule has 2 aromatic heterocycles. The van der Waals surface area contributed by atoms with Gasteiger partial charge in [0.2, 0.25) is 0 Å². The second kappa shape index (κ2) is 16.6. The van der Waals surface area contributed by atoms with Crippen molar-refractivity contribution in [2.75, 3.05) is 0 Å². The van der Waals surface area contributed by atoms with E-state index in [-0.39, 0.29) is 0 Å². The molecule has 0 aliphatic heterocycles. The Bertz CT molecular complexity index is 3430. The summed E-state index contributed by atoms with van der Waals surface area (Å²) in [5.74, 6) is 1.67. The minimum atomic E-state index is -3.15. The van der Waals surface area contributed by atoms with Crippen LogP contribution in [-0.4, -0.2) is 19.9 Å². The quantitative estimate of drug-likeness (QED) is 0.107. The van der Waals surface area contributed by atoms with E-state index in [2.05, 4.69) is 115 Å². The number of fused-ring (bicyclic) bond motifs is 3. The van der Waals surface area contributed by atoms with Gasteiger partial charge in [0, 0.05) is 54.3 Å². The van der Waals surface area contributed by atoms with Gasteiger partial charge in [-0.15, -0.1) is 0 Å². The first kappa shape index (κ1) is 38.8. The predicted molar refractivity (Wildman–Crippen MR) is 265 cm³/mol. The molecule has 0 saturated carbocycles. The summed E-state index contributed by atoms with van der Waals surface area (Å²) in [7, 11) is -3.15. The Morgan fingerprint density at radius 1 is 0.297 bits per heavy atom. The number of hydrogen-bond acceptors (Lipinski definition) is 5. The Hall–Kier alpha value is -8.11. The van der Waals surface area contributed by atoms with Gasteiger partial charge < -0.3 is 4.57 Å². The smallest absolute Gasteiger partial charge is 0.171 e. The van der Waals surface area contributed by atoms with Crippen molar-refractivity contribution in [2.45, 2.75) is 0 Å². The second-order valence-corrected chi connectivity index (χ2v) is 18.5. The molecule has 0 amide bonds. The van der Waals surface area contributed by atoms with E-state index < -0.39 is 7.14 Å². The Balaban J connectivity index is 0.982. The maximum Gasteiger partial charge on any atom is 0.171 e. The molecular formula is C58H39N4OP. The molecule has 0 saturated heterocycles. The fourth-order valence-corrected chi connectivity index (χ4v) is 11.3. The van der Waals surface area contributed by atoms with Crippen LogP contribution < -0.4 is 15.9 Å². The third-order valence-corrected chi connectivity index (χ3v) is 14.9. The van der Waals surface area contributed by atoms with Gasteiger partial charge in [-0.2, -0.15) is 0 Å². The minimum Gasteiger partial charge on any atom is -0.309 e. The van der Waals surface area contributed by atoms with Gasteiger partial charge in [0.1, 0.15) is 0 Å². The summed E-state index contributed by atoms with van der Waals surface area (Å²) >= 11 is 0. The van der Waals surface area contributed by atoms with Crippen molar-refractivity contribution < 1.29 is 4.57 Å². The highest BCUT2D eigenvalue weighted by molar-refractivity contribution is 7.85. The molecule has 11 aromatic rings. The second-order valence-electron chi connectivity index (χ2n) is 15.7. The third kappa shape index (κ3) is 7.18. The van der Waals surface area contributed by atoms with Gasteiger partial charge in [0.05, 0.1) is 11.2 Å². The Morgan fingerprint density at radius 2 is 0.719 bits per heavy atom. The van der Waals surface area contributed by atoms with E-state index in [1.54, 1.807) is 0 Å². The molecule has 0 aliphatic carbocycles. The van der Waals surface area contributed by atoms with Crippen LogP contribution in [-0.2, 0) is 4.57 Å². The summed E-state index contributed by atoms with van der Waals surface area (Å²) in [5, 5.41) is 5.74. The zero-order chi connectivity index (χ0) is 42.9. The highest BCUT2D eigenvalue weighted by Crippen LogP contribution is 2.43. The molecule has 6 heteroatoms. The van der Waals surface area contributed by atoms with Crippen LogP contribution in [0.25, 0.3) is 89.4 Å². The summed E-state index contributed by atoms with van der Waals surface area (Å²) in [6, 6.07) is 79.8. The molecule has 11 rings (SSSR count). The van der Waals surface area contributed by atoms with Gasteiger partial charge in [0.25, 0.3) is 0 Å². The number of pyridine rings is 1. The lowest BCUT2D eigenvalue weighted by molar-refractivity contribution is 0.592. The molecule has 0 spiro atoms. The van der Waals surface area contributed by atoms with E-state index in [4.69, 9.17) is 19.9 Å². The lowest BCUT2D eigenvalue weighted by atomic mass is 9.92. The molecule has 0 aliphatic rings. The molecule has 0 bridgehead atoms. The largest absolute Gasteiger partial charge is 0.309 e. The van der Waals surface area contributed by atoms with E-state index in [1.807, 2.05) is 121 Å². The van der Waals surface area contributed by atoms with E-state index in [0.29, 0.717) is 17.5 Å². The van der Waals surface area contributed by atoms with E-state index in [0.717, 1.165) is 71.3 Å². The third-order valence-electron chi connectivity index (χ3n) is 11.8. The van der Waals surface area contributed by atoms with E-state index in [9.17, 15) is 0 Å². The Labute approximate surface area is 371 Å². The summed E-state index contributed by atoms with van der Waals surface area (Å²) < 4.78 is 15.1. The number of aromatic nitrogens is 4. The van der Waals surface area contributed by atoms with E-state index >= 15 is 4.57 Å². The lowest BCUT2D eigenvalue weighted by Crippen LogP contribution is -2.24. The van der Waals surface area contributed by atoms with Gasteiger partial charge in [-0.3, -0.25) is 0 Å². The van der Waals surface area contributed by atoms with Crippen molar-refractivity contribution in [3.05, 3.63) is 237 Å². The first-order valence-electron chi connectivity index (χ1n) is 21.3. The van der Waals surface area contributed by atoms with Gasteiger partial charge >= 0.3 is 0 Å². The molecule has 5 nitrogen and oxygen atoms in total. The number of benzene rings is 9. The van der Waals surface area contributed by atoms with Gasteiger partial charge in [0.15, 0.2) is 24.6 Å². The average molecular weight is 839 g/mol. The SMILES string of the molecule is O=P(c1ccccc1)(c1ccccc1)c1ccc(-c2nc(-c3ccccc3)nc(-c3ccc(-c4ccc5c(c4)nc(-c4ccccc4)c4cccc(-c6ccccc6)c45)cc3)n2)cc1. The Kier molecular flexibility index (Phi) is 10.1. The molecular weight excluding hydrogens is 800 g/mol. The highest BCUT2D eigenvalue weighted by atomic mass is 31.2. The first-order valence-corrected chi connectivity index (χ1v) is 23.0. The molecule has 302 valence electrons. The lowest BCUT2D eigenvalue weighted by Gasteiger charge is -2.20. The zero-order valence-electron chi connectivity index (χ0n) is 34.7. The monoisotopic (exact) mass is 838 g/mol. The summed E-state index contributed by atoms with van der Waals surface area (Å²) in [5.41, 5.74) is 10.00. The number of nitrogens with zero attached hydrogens (tertiary/aromatic N) is 4. The summed E-state index contributed by atoms with van der Waals surface area (Å²) in [4.78, 5) is 20.4. The fraction of sp³-hybridized carbons (Fsp3) is 0. The highest BCUT2D eigenvalue weighted by Gasteiger charge is 2.29. The molecule has 0 unspecified atom stereocenters. The van der Waals surface area contributed by atoms with Crippen LogP contribution in [0, 0.1) is 0 Å². The predicted octanol–water partition coefficient (Wildman–Crippen LogP) is 13.2. The van der Waals surface area contributed by atoms with Crippen LogP contribution in [0.15, 0.2) is 237 Å². The normalized spacial score (nSPS) is 11.5. The molecule has 0 fully saturated rings. The van der Waals surface area contributed by atoms with Crippen molar-refractivity contribution in [1.82, 2.24) is 19.9 Å². The maximum absolute atomic E-state index is 15.1. The molecule has 64 heavy (non-hydrogen) atoms. The standard InChI is InChI=1S/C58H39N4OP/c63-64(47-23-12-4-13-24-47,48-25-14-5-15-26-48)49-36-33-45(34-37-49)58-61-56(43-21-10-3-11-22-43)60-57(62-58)44-31-29-40(30-32-44)46-35-38-51-53(39-46)59-55(42-19-8-2-9-20-42)52-28-16-27-50(54(51)52)41-17-6-1-7-18-41/h1-39H. The zero-order valence-corrected chi connectivity index (χ0v) is 35.6. The van der Waals surface area contributed by atoms with Crippen molar-refractivity contribution >= 4 is 44.7 Å². The minimum absolute atomic E-state index is 0.533. The molecule has 2 heterocycles. The van der Waals surface area contributed by atoms with Crippen LogP contribution in [0.3, 0.4) is 0 Å². The molecule has 0 N–H and O–H groups in total. The first-order chi connectivity index (χ1) is 31.6. The summed E-state index contributed by atoms with van der Waals surface area (Å²) in [6.07, 6.45) is 0. The van der Waals surface area contributed by atoms with Crippen molar-refractivity contribution in [3.63, 3.8) is 0 Å². The number of hydrogen-bond donors (Lipinski definition) is 0. The van der Waals surface area contributed by atoms with Crippen LogP contribution in [0.1, 0.15) is 0 Å². The average Bonchev–Trinajstić information content (AvgIpc) is 3.39. The maximum atomic E-state index is 15.1.